The van der Waals surface area contributed by atoms with Gasteiger partial charge >= 0.3 is 0 Å². The summed E-state index contributed by atoms with van der Waals surface area (Å²) in [4.78, 5) is 36.7. The average molecular weight is 407 g/mol. The van der Waals surface area contributed by atoms with E-state index in [4.69, 9.17) is 19.7 Å². The number of hydrogen-bond donors (Lipinski definition) is 2. The average Bonchev–Trinajstić information content (AvgIpc) is 3.42. The zero-order valence-corrected chi connectivity index (χ0v) is 15.7. The number of fused-ring (bicyclic) bond motifs is 1. The van der Waals surface area contributed by atoms with E-state index in [0.29, 0.717) is 17.1 Å². The number of rotatable bonds is 7. The van der Waals surface area contributed by atoms with Crippen LogP contribution in [-0.4, -0.2) is 35.6 Å². The Bertz CT molecular complexity index is 1110. The number of aromatic nitrogens is 1. The molecule has 0 radical (unpaired) electrons. The number of Topliss-reactive ketones (excluding diaryl/α,β-unsaturated/α-hetero) is 1. The molecule has 0 spiro atoms. The van der Waals surface area contributed by atoms with Crippen LogP contribution in [-0.2, 0) is 16.0 Å². The maximum Gasteiger partial charge on any atom is 0.287 e. The Morgan fingerprint density at radius 2 is 1.87 bits per heavy atom. The number of carbonyl (C=O) groups excluding carboxylic acids is 3. The van der Waals surface area contributed by atoms with Crippen LogP contribution in [0.4, 0.5) is 0 Å². The molecule has 1 aliphatic heterocycles. The third kappa shape index (κ3) is 3.72. The van der Waals surface area contributed by atoms with Crippen LogP contribution >= 0.6 is 0 Å². The number of amides is 2. The molecule has 4 rings (SSSR count). The van der Waals surface area contributed by atoms with Crippen molar-refractivity contribution in [2.45, 2.75) is 12.5 Å². The number of nitrogens with two attached hydrogens (primary N) is 1. The van der Waals surface area contributed by atoms with Crippen LogP contribution in [0.2, 0.25) is 0 Å². The Kier molecular flexibility index (Phi) is 5.17. The van der Waals surface area contributed by atoms with Gasteiger partial charge in [-0.3, -0.25) is 14.4 Å². The fourth-order valence-corrected chi connectivity index (χ4v) is 3.17. The summed E-state index contributed by atoms with van der Waals surface area (Å²) >= 11 is 0. The highest BCUT2D eigenvalue weighted by atomic mass is 16.7. The van der Waals surface area contributed by atoms with Gasteiger partial charge in [0.25, 0.3) is 11.8 Å². The Balaban J connectivity index is 1.61. The summed E-state index contributed by atoms with van der Waals surface area (Å²) < 4.78 is 16.1. The van der Waals surface area contributed by atoms with Gasteiger partial charge in [0, 0.05) is 6.42 Å². The van der Waals surface area contributed by atoms with Gasteiger partial charge in [-0.25, -0.2) is 0 Å². The third-order valence-electron chi connectivity index (χ3n) is 4.60. The summed E-state index contributed by atoms with van der Waals surface area (Å²) in [5, 5.41) is 6.27. The summed E-state index contributed by atoms with van der Waals surface area (Å²) in [5.41, 5.74) is 6.48. The van der Waals surface area contributed by atoms with Gasteiger partial charge in [-0.1, -0.05) is 41.6 Å². The first-order chi connectivity index (χ1) is 14.5. The Morgan fingerprint density at radius 3 is 2.63 bits per heavy atom. The highest BCUT2D eigenvalue weighted by Crippen LogP contribution is 2.42. The second-order valence-electron chi connectivity index (χ2n) is 6.55. The molecule has 30 heavy (non-hydrogen) atoms. The molecule has 2 aromatic carbocycles. The van der Waals surface area contributed by atoms with Gasteiger partial charge in [-0.05, 0) is 17.7 Å². The molecule has 0 saturated heterocycles. The van der Waals surface area contributed by atoms with E-state index in [1.807, 2.05) is 6.07 Å². The van der Waals surface area contributed by atoms with Gasteiger partial charge < -0.3 is 25.0 Å². The first-order valence-corrected chi connectivity index (χ1v) is 9.06. The molecular weight excluding hydrogens is 390 g/mol. The molecule has 152 valence electrons. The van der Waals surface area contributed by atoms with Crippen molar-refractivity contribution in [1.29, 1.82) is 0 Å². The number of ether oxygens (including phenoxy) is 2. The van der Waals surface area contributed by atoms with E-state index in [1.54, 1.807) is 42.5 Å². The maximum absolute atomic E-state index is 12.9. The van der Waals surface area contributed by atoms with Crippen LogP contribution in [0.25, 0.3) is 11.3 Å². The van der Waals surface area contributed by atoms with Gasteiger partial charge in [-0.2, -0.15) is 0 Å². The largest absolute Gasteiger partial charge is 0.454 e. The van der Waals surface area contributed by atoms with Gasteiger partial charge in [0.15, 0.2) is 17.3 Å². The number of benzene rings is 2. The SMILES string of the molecule is NC(=O)C(=O)C(Cc1ccccc1)NC(=O)c1cnoc1-c1cccc2c1OCO2. The van der Waals surface area contributed by atoms with Crippen molar-refractivity contribution < 1.29 is 28.4 Å². The van der Waals surface area contributed by atoms with Crippen LogP contribution in [0.3, 0.4) is 0 Å². The number of para-hydroxylation sites is 1. The molecule has 0 fully saturated rings. The van der Waals surface area contributed by atoms with Crippen LogP contribution in [0.15, 0.2) is 59.3 Å². The predicted molar refractivity (Wildman–Crippen MR) is 104 cm³/mol. The van der Waals surface area contributed by atoms with Crippen molar-refractivity contribution in [3.8, 4) is 22.8 Å². The van der Waals surface area contributed by atoms with Gasteiger partial charge in [-0.15, -0.1) is 0 Å². The van der Waals surface area contributed by atoms with Crippen molar-refractivity contribution in [1.82, 2.24) is 10.5 Å². The first kappa shape index (κ1) is 19.2. The molecule has 0 saturated carbocycles. The lowest BCUT2D eigenvalue weighted by molar-refractivity contribution is -0.137. The van der Waals surface area contributed by atoms with Gasteiger partial charge in [0.1, 0.15) is 11.6 Å². The summed E-state index contributed by atoms with van der Waals surface area (Å²) in [6.45, 7) is 0.0499. The predicted octanol–water partition coefficient (Wildman–Crippen LogP) is 1.47. The highest BCUT2D eigenvalue weighted by Gasteiger charge is 2.30. The molecule has 0 bridgehead atoms. The normalized spacial score (nSPS) is 12.9. The molecule has 1 aromatic heterocycles. The second-order valence-corrected chi connectivity index (χ2v) is 6.55. The Morgan fingerprint density at radius 1 is 1.07 bits per heavy atom. The summed E-state index contributed by atoms with van der Waals surface area (Å²) in [6.07, 6.45) is 1.33. The number of ketones is 1. The number of nitrogens with one attached hydrogen (secondary N) is 1. The van der Waals surface area contributed by atoms with E-state index >= 15 is 0 Å². The van der Waals surface area contributed by atoms with Crippen molar-refractivity contribution in [2.75, 3.05) is 6.79 Å². The third-order valence-corrected chi connectivity index (χ3v) is 4.60. The standard InChI is InChI=1S/C21H17N3O6/c22-20(26)17(25)15(9-12-5-2-1-3-6-12)24-21(27)14-10-23-30-18(14)13-7-4-8-16-19(13)29-11-28-16/h1-8,10,15H,9,11H2,(H2,22,26)(H,24,27). The number of primary amides is 1. The smallest absolute Gasteiger partial charge is 0.287 e. The minimum Gasteiger partial charge on any atom is -0.454 e. The van der Waals surface area contributed by atoms with E-state index < -0.39 is 23.6 Å². The van der Waals surface area contributed by atoms with Crippen LogP contribution in [0.5, 0.6) is 11.5 Å². The Hall–Kier alpha value is -4.14. The summed E-state index contributed by atoms with van der Waals surface area (Å²) in [5.74, 6) is -1.58. The topological polar surface area (TPSA) is 134 Å². The maximum atomic E-state index is 12.9. The summed E-state index contributed by atoms with van der Waals surface area (Å²) in [6, 6.07) is 13.0. The number of hydrogen-bond acceptors (Lipinski definition) is 7. The Labute approximate surface area is 170 Å². The lowest BCUT2D eigenvalue weighted by Crippen LogP contribution is -2.47. The van der Waals surface area contributed by atoms with Crippen LogP contribution in [0.1, 0.15) is 15.9 Å². The molecule has 2 heterocycles. The number of nitrogens with zero attached hydrogens (tertiary/aromatic N) is 1. The van der Waals surface area contributed by atoms with E-state index in [0.717, 1.165) is 5.56 Å². The highest BCUT2D eigenvalue weighted by molar-refractivity contribution is 6.38. The quantitative estimate of drug-likeness (QED) is 0.566. The second kappa shape index (κ2) is 8.08. The molecular formula is C21H17N3O6. The van der Waals surface area contributed by atoms with Crippen LogP contribution in [0, 0.1) is 0 Å². The molecule has 1 atom stereocenters. The van der Waals surface area contributed by atoms with Crippen LogP contribution < -0.4 is 20.5 Å². The minimum atomic E-state index is -1.14. The monoisotopic (exact) mass is 407 g/mol. The molecule has 3 aromatic rings. The zero-order valence-electron chi connectivity index (χ0n) is 15.7. The molecule has 1 unspecified atom stereocenters. The lowest BCUT2D eigenvalue weighted by Gasteiger charge is -2.16. The zero-order chi connectivity index (χ0) is 21.1. The molecule has 9 nitrogen and oxygen atoms in total. The molecule has 2 amide bonds. The minimum absolute atomic E-state index is 0.0499. The summed E-state index contributed by atoms with van der Waals surface area (Å²) in [7, 11) is 0. The number of carbonyl (C=O) groups is 3. The molecule has 9 heteroatoms. The van der Waals surface area contributed by atoms with Crippen molar-refractivity contribution in [3.05, 3.63) is 65.9 Å². The molecule has 3 N–H and O–H groups in total. The van der Waals surface area contributed by atoms with E-state index in [1.165, 1.54) is 6.20 Å². The van der Waals surface area contributed by atoms with Crippen molar-refractivity contribution in [2.24, 2.45) is 5.73 Å². The van der Waals surface area contributed by atoms with E-state index in [-0.39, 0.29) is 24.5 Å². The van der Waals surface area contributed by atoms with Gasteiger partial charge in [0.05, 0.1) is 11.8 Å². The van der Waals surface area contributed by atoms with Crippen molar-refractivity contribution >= 4 is 17.6 Å². The fraction of sp³-hybridized carbons (Fsp3) is 0.143. The lowest BCUT2D eigenvalue weighted by atomic mass is 10.0. The van der Waals surface area contributed by atoms with E-state index in [9.17, 15) is 14.4 Å². The first-order valence-electron chi connectivity index (χ1n) is 9.06. The van der Waals surface area contributed by atoms with E-state index in [2.05, 4.69) is 10.5 Å². The molecule has 1 aliphatic rings. The van der Waals surface area contributed by atoms with Gasteiger partial charge in [0.2, 0.25) is 12.6 Å². The fourth-order valence-electron chi connectivity index (χ4n) is 3.17. The molecule has 0 aliphatic carbocycles. The van der Waals surface area contributed by atoms with Crippen molar-refractivity contribution in [3.63, 3.8) is 0 Å².